The van der Waals surface area contributed by atoms with Gasteiger partial charge < -0.3 is 20.2 Å². The number of nitrogens with one attached hydrogen (secondary N) is 1. The van der Waals surface area contributed by atoms with E-state index in [0.717, 1.165) is 13.1 Å². The van der Waals surface area contributed by atoms with Crippen molar-refractivity contribution in [3.8, 4) is 0 Å². The van der Waals surface area contributed by atoms with Gasteiger partial charge >= 0.3 is 6.09 Å². The molecular weight excluding hydrogens is 198 g/mol. The van der Waals surface area contributed by atoms with Crippen LogP contribution in [0.25, 0.3) is 0 Å². The molecule has 1 atom stereocenters. The minimum atomic E-state index is -1.16. The van der Waals surface area contributed by atoms with Gasteiger partial charge in [0.05, 0.1) is 0 Å². The summed E-state index contributed by atoms with van der Waals surface area (Å²) < 4.78 is 0. The Morgan fingerprint density at radius 3 is 2.27 bits per heavy atom. The van der Waals surface area contributed by atoms with Crippen molar-refractivity contribution < 1.29 is 14.7 Å². The molecule has 2 N–H and O–H groups in total. The molecule has 1 aliphatic rings. The summed E-state index contributed by atoms with van der Waals surface area (Å²) in [5.41, 5.74) is 0. The van der Waals surface area contributed by atoms with Crippen molar-refractivity contribution in [3.05, 3.63) is 0 Å². The highest BCUT2D eigenvalue weighted by Gasteiger charge is 2.24. The fraction of sp³-hybridized carbons (Fsp3) is 0.778. The van der Waals surface area contributed by atoms with Gasteiger partial charge in [0, 0.05) is 26.2 Å². The predicted molar refractivity (Wildman–Crippen MR) is 54.7 cm³/mol. The van der Waals surface area contributed by atoms with Gasteiger partial charge in [0.25, 0.3) is 0 Å². The standard InChI is InChI=1S/C9H17N3O3/c1-7(10-9(14)15)8(13)12-5-3-11(2)4-6-12/h7,10H,3-6H2,1-2H3,(H,14,15)/t7-/m1/s1. The molecule has 0 aliphatic carbocycles. The smallest absolute Gasteiger partial charge is 0.405 e. The van der Waals surface area contributed by atoms with E-state index < -0.39 is 12.1 Å². The number of carbonyl (C=O) groups excluding carboxylic acids is 1. The number of hydrogen-bond donors (Lipinski definition) is 2. The van der Waals surface area contributed by atoms with Crippen LogP contribution in [0.2, 0.25) is 0 Å². The maximum Gasteiger partial charge on any atom is 0.405 e. The molecule has 0 aromatic heterocycles. The van der Waals surface area contributed by atoms with Crippen LogP contribution in [0.5, 0.6) is 0 Å². The Morgan fingerprint density at radius 1 is 1.27 bits per heavy atom. The Hall–Kier alpha value is -1.30. The van der Waals surface area contributed by atoms with E-state index in [1.54, 1.807) is 11.8 Å². The largest absolute Gasteiger partial charge is 0.465 e. The van der Waals surface area contributed by atoms with Crippen LogP contribution in [0.3, 0.4) is 0 Å². The molecule has 2 amide bonds. The molecule has 1 aliphatic heterocycles. The molecule has 0 spiro atoms. The fourth-order valence-corrected chi connectivity index (χ4v) is 1.55. The quantitative estimate of drug-likeness (QED) is 0.646. The monoisotopic (exact) mass is 215 g/mol. The van der Waals surface area contributed by atoms with Crippen molar-refractivity contribution in [2.45, 2.75) is 13.0 Å². The number of likely N-dealkylation sites (N-methyl/N-ethyl adjacent to an activating group) is 1. The average molecular weight is 215 g/mol. The van der Waals surface area contributed by atoms with Crippen molar-refractivity contribution in [2.75, 3.05) is 33.2 Å². The summed E-state index contributed by atoms with van der Waals surface area (Å²) in [6.45, 7) is 4.58. The second-order valence-electron chi connectivity index (χ2n) is 3.80. The molecule has 1 fully saturated rings. The lowest BCUT2D eigenvalue weighted by atomic mass is 10.2. The summed E-state index contributed by atoms with van der Waals surface area (Å²) in [5.74, 6) is -0.148. The molecule has 0 bridgehead atoms. The van der Waals surface area contributed by atoms with Crippen LogP contribution in [-0.4, -0.2) is 66.2 Å². The van der Waals surface area contributed by atoms with Gasteiger partial charge in [-0.2, -0.15) is 0 Å². The third kappa shape index (κ3) is 3.39. The highest BCUT2D eigenvalue weighted by molar-refractivity contribution is 5.84. The lowest BCUT2D eigenvalue weighted by Crippen LogP contribution is -2.53. The second kappa shape index (κ2) is 4.97. The third-order valence-corrected chi connectivity index (χ3v) is 2.53. The van der Waals surface area contributed by atoms with E-state index in [-0.39, 0.29) is 5.91 Å². The van der Waals surface area contributed by atoms with E-state index in [9.17, 15) is 9.59 Å². The Kier molecular flexibility index (Phi) is 3.90. The summed E-state index contributed by atoms with van der Waals surface area (Å²) in [5, 5.41) is 10.6. The van der Waals surface area contributed by atoms with Crippen molar-refractivity contribution in [3.63, 3.8) is 0 Å². The van der Waals surface area contributed by atoms with Crippen LogP contribution < -0.4 is 5.32 Å². The van der Waals surface area contributed by atoms with Gasteiger partial charge in [0.1, 0.15) is 6.04 Å². The van der Waals surface area contributed by atoms with Crippen LogP contribution in [-0.2, 0) is 4.79 Å². The van der Waals surface area contributed by atoms with Crippen LogP contribution >= 0.6 is 0 Å². The zero-order valence-electron chi connectivity index (χ0n) is 9.06. The van der Waals surface area contributed by atoms with Crippen LogP contribution in [0, 0.1) is 0 Å². The predicted octanol–water partition coefficient (Wildman–Crippen LogP) is -0.583. The molecule has 0 unspecified atom stereocenters. The number of nitrogens with zero attached hydrogens (tertiary/aromatic N) is 2. The number of carbonyl (C=O) groups is 2. The number of rotatable bonds is 2. The lowest BCUT2D eigenvalue weighted by molar-refractivity contribution is -0.134. The zero-order chi connectivity index (χ0) is 11.4. The van der Waals surface area contributed by atoms with Crippen LogP contribution in [0.4, 0.5) is 4.79 Å². The van der Waals surface area contributed by atoms with Gasteiger partial charge in [0.15, 0.2) is 0 Å². The SMILES string of the molecule is C[C@@H](NC(=O)O)C(=O)N1CCN(C)CC1. The lowest BCUT2D eigenvalue weighted by Gasteiger charge is -2.33. The van der Waals surface area contributed by atoms with E-state index >= 15 is 0 Å². The molecule has 0 radical (unpaired) electrons. The Bertz CT molecular complexity index is 249. The molecule has 1 saturated heterocycles. The molecule has 86 valence electrons. The topological polar surface area (TPSA) is 72.9 Å². The molecule has 6 nitrogen and oxygen atoms in total. The van der Waals surface area contributed by atoms with Crippen molar-refractivity contribution in [2.24, 2.45) is 0 Å². The third-order valence-electron chi connectivity index (χ3n) is 2.53. The fourth-order valence-electron chi connectivity index (χ4n) is 1.55. The highest BCUT2D eigenvalue weighted by atomic mass is 16.4. The summed E-state index contributed by atoms with van der Waals surface area (Å²) in [6.07, 6.45) is -1.16. The molecule has 1 heterocycles. The molecule has 15 heavy (non-hydrogen) atoms. The number of piperazine rings is 1. The van der Waals surface area contributed by atoms with E-state index in [2.05, 4.69) is 10.2 Å². The highest BCUT2D eigenvalue weighted by Crippen LogP contribution is 2.01. The van der Waals surface area contributed by atoms with Gasteiger partial charge in [0.2, 0.25) is 5.91 Å². The summed E-state index contributed by atoms with van der Waals surface area (Å²) in [6, 6.07) is -0.661. The van der Waals surface area contributed by atoms with Gasteiger partial charge in [-0.3, -0.25) is 4.79 Å². The first-order chi connectivity index (χ1) is 7.00. The maximum absolute atomic E-state index is 11.7. The average Bonchev–Trinajstić information content (AvgIpc) is 2.17. The first-order valence-electron chi connectivity index (χ1n) is 4.97. The maximum atomic E-state index is 11.7. The first-order valence-corrected chi connectivity index (χ1v) is 4.97. The number of amides is 2. The van der Waals surface area contributed by atoms with E-state index in [4.69, 9.17) is 5.11 Å². The second-order valence-corrected chi connectivity index (χ2v) is 3.80. The molecule has 1 rings (SSSR count). The summed E-state index contributed by atoms with van der Waals surface area (Å²) >= 11 is 0. The van der Waals surface area contributed by atoms with E-state index in [1.165, 1.54) is 0 Å². The van der Waals surface area contributed by atoms with Gasteiger partial charge in [-0.1, -0.05) is 0 Å². The molecule has 0 saturated carbocycles. The van der Waals surface area contributed by atoms with Gasteiger partial charge in [-0.25, -0.2) is 4.79 Å². The zero-order valence-corrected chi connectivity index (χ0v) is 9.06. The molecular formula is C9H17N3O3. The normalized spacial score (nSPS) is 19.7. The molecule has 6 heteroatoms. The van der Waals surface area contributed by atoms with E-state index in [0.29, 0.717) is 13.1 Å². The van der Waals surface area contributed by atoms with Crippen molar-refractivity contribution in [1.29, 1.82) is 0 Å². The van der Waals surface area contributed by atoms with E-state index in [1.807, 2.05) is 7.05 Å². The minimum Gasteiger partial charge on any atom is -0.465 e. The van der Waals surface area contributed by atoms with Gasteiger partial charge in [-0.15, -0.1) is 0 Å². The molecule has 0 aromatic carbocycles. The Balaban J connectivity index is 2.42. The number of hydrogen-bond acceptors (Lipinski definition) is 3. The first kappa shape index (κ1) is 11.8. The molecule has 0 aromatic rings. The number of carboxylic acid groups (broad SMARTS) is 1. The van der Waals surface area contributed by atoms with Crippen LogP contribution in [0.15, 0.2) is 0 Å². The van der Waals surface area contributed by atoms with Crippen molar-refractivity contribution in [1.82, 2.24) is 15.1 Å². The summed E-state index contributed by atoms with van der Waals surface area (Å²) in [7, 11) is 2.00. The van der Waals surface area contributed by atoms with Crippen molar-refractivity contribution >= 4 is 12.0 Å². The Morgan fingerprint density at radius 2 is 1.80 bits per heavy atom. The van der Waals surface area contributed by atoms with Gasteiger partial charge in [-0.05, 0) is 14.0 Å². The minimum absolute atomic E-state index is 0.148. The Labute approximate surface area is 88.8 Å². The van der Waals surface area contributed by atoms with Crippen LogP contribution in [0.1, 0.15) is 6.92 Å². The summed E-state index contributed by atoms with van der Waals surface area (Å²) in [4.78, 5) is 25.9.